The Morgan fingerprint density at radius 2 is 1.88 bits per heavy atom. The first-order valence-corrected chi connectivity index (χ1v) is 10.5. The number of amides is 1. The Hall–Kier alpha value is -3.76. The molecule has 0 aliphatic heterocycles. The van der Waals surface area contributed by atoms with E-state index < -0.39 is 16.8 Å². The molecule has 0 atom stereocenters. The number of nitrogens with one attached hydrogen (secondary N) is 1. The largest absolute Gasteiger partial charge is 0.483 e. The van der Waals surface area contributed by atoms with Crippen molar-refractivity contribution in [3.8, 4) is 11.5 Å². The van der Waals surface area contributed by atoms with Crippen molar-refractivity contribution in [3.63, 3.8) is 0 Å². The Bertz CT molecular complexity index is 1220. The summed E-state index contributed by atoms with van der Waals surface area (Å²) < 4.78 is 11.3. The standard InChI is InChI=1S/C22H15BrClN3O6/c23-19-11-16(24)6-9-20(19)32-13-21(28)26-25-12-14-2-1-3-18(10-14)33-22(29)15-4-7-17(8-5-15)27(30)31/h1-12H,13H2,(H,26,28). The van der Waals surface area contributed by atoms with Gasteiger partial charge in [0.15, 0.2) is 6.61 Å². The van der Waals surface area contributed by atoms with Crippen LogP contribution in [0, 0.1) is 10.1 Å². The third kappa shape index (κ3) is 7.13. The highest BCUT2D eigenvalue weighted by Crippen LogP contribution is 2.27. The predicted molar refractivity (Wildman–Crippen MR) is 125 cm³/mol. The molecule has 0 aromatic heterocycles. The monoisotopic (exact) mass is 531 g/mol. The van der Waals surface area contributed by atoms with Crippen LogP contribution in [0.25, 0.3) is 0 Å². The van der Waals surface area contributed by atoms with Gasteiger partial charge in [0.1, 0.15) is 11.5 Å². The van der Waals surface area contributed by atoms with Gasteiger partial charge in [-0.15, -0.1) is 0 Å². The Balaban J connectivity index is 1.53. The van der Waals surface area contributed by atoms with Crippen molar-refractivity contribution in [3.05, 3.63) is 97.5 Å². The number of hydrogen-bond acceptors (Lipinski definition) is 7. The predicted octanol–water partition coefficient (Wildman–Crippen LogP) is 4.76. The molecule has 0 saturated carbocycles. The first-order valence-electron chi connectivity index (χ1n) is 9.28. The third-order valence-corrected chi connectivity index (χ3v) is 4.89. The van der Waals surface area contributed by atoms with Crippen LogP contribution in [0.15, 0.2) is 76.3 Å². The normalized spacial score (nSPS) is 10.6. The maximum absolute atomic E-state index is 12.2. The van der Waals surface area contributed by atoms with Crippen molar-refractivity contribution in [2.75, 3.05) is 6.61 Å². The van der Waals surface area contributed by atoms with E-state index in [2.05, 4.69) is 26.5 Å². The van der Waals surface area contributed by atoms with Gasteiger partial charge in [-0.3, -0.25) is 14.9 Å². The number of ether oxygens (including phenoxy) is 2. The van der Waals surface area contributed by atoms with E-state index in [0.29, 0.717) is 20.8 Å². The number of nitro groups is 1. The summed E-state index contributed by atoms with van der Waals surface area (Å²) >= 11 is 9.15. The van der Waals surface area contributed by atoms with Crippen LogP contribution in [0.3, 0.4) is 0 Å². The van der Waals surface area contributed by atoms with Crippen LogP contribution in [0.2, 0.25) is 5.02 Å². The summed E-state index contributed by atoms with van der Waals surface area (Å²) in [5.41, 5.74) is 2.93. The topological polar surface area (TPSA) is 120 Å². The fraction of sp³-hybridized carbons (Fsp3) is 0.0455. The van der Waals surface area contributed by atoms with Gasteiger partial charge in [0.25, 0.3) is 11.6 Å². The molecule has 168 valence electrons. The summed E-state index contributed by atoms with van der Waals surface area (Å²) in [6.45, 7) is -0.259. The second-order valence-electron chi connectivity index (χ2n) is 6.42. The molecular weight excluding hydrogens is 518 g/mol. The highest BCUT2D eigenvalue weighted by atomic mass is 79.9. The molecule has 3 aromatic rings. The fourth-order valence-corrected chi connectivity index (χ4v) is 3.29. The molecule has 0 spiro atoms. The van der Waals surface area contributed by atoms with E-state index in [0.717, 1.165) is 0 Å². The highest BCUT2D eigenvalue weighted by Gasteiger charge is 2.12. The number of hydrazone groups is 1. The maximum Gasteiger partial charge on any atom is 0.343 e. The summed E-state index contributed by atoms with van der Waals surface area (Å²) in [6, 6.07) is 16.4. The number of carbonyl (C=O) groups excluding carboxylic acids is 2. The van der Waals surface area contributed by atoms with Crippen LogP contribution in [0.5, 0.6) is 11.5 Å². The average Bonchev–Trinajstić information content (AvgIpc) is 2.79. The Morgan fingerprint density at radius 3 is 2.58 bits per heavy atom. The second-order valence-corrected chi connectivity index (χ2v) is 7.71. The molecule has 1 N–H and O–H groups in total. The molecule has 0 unspecified atom stereocenters. The lowest BCUT2D eigenvalue weighted by atomic mass is 10.2. The summed E-state index contributed by atoms with van der Waals surface area (Å²) in [5, 5.41) is 15.1. The number of nitrogens with zero attached hydrogens (tertiary/aromatic N) is 2. The van der Waals surface area contributed by atoms with Crippen molar-refractivity contribution in [1.29, 1.82) is 0 Å². The van der Waals surface area contributed by atoms with Gasteiger partial charge < -0.3 is 9.47 Å². The van der Waals surface area contributed by atoms with Gasteiger partial charge in [0, 0.05) is 17.2 Å². The van der Waals surface area contributed by atoms with E-state index >= 15 is 0 Å². The third-order valence-electron chi connectivity index (χ3n) is 4.04. The zero-order chi connectivity index (χ0) is 23.8. The minimum absolute atomic E-state index is 0.127. The molecular formula is C22H15BrClN3O6. The molecule has 0 saturated heterocycles. The lowest BCUT2D eigenvalue weighted by molar-refractivity contribution is -0.384. The number of esters is 1. The van der Waals surface area contributed by atoms with E-state index in [1.807, 2.05) is 0 Å². The van der Waals surface area contributed by atoms with Crippen molar-refractivity contribution in [2.24, 2.45) is 5.10 Å². The molecule has 0 aliphatic rings. The van der Waals surface area contributed by atoms with Crippen molar-refractivity contribution < 1.29 is 24.0 Å². The summed E-state index contributed by atoms with van der Waals surface area (Å²) in [5.74, 6) is -0.447. The molecule has 0 radical (unpaired) electrons. The van der Waals surface area contributed by atoms with Crippen LogP contribution in [-0.2, 0) is 4.79 Å². The summed E-state index contributed by atoms with van der Waals surface area (Å²) in [7, 11) is 0. The fourth-order valence-electron chi connectivity index (χ4n) is 2.49. The van der Waals surface area contributed by atoms with Gasteiger partial charge in [-0.05, 0) is 64.0 Å². The maximum atomic E-state index is 12.2. The first kappa shape index (κ1) is 23.9. The number of benzene rings is 3. The Morgan fingerprint density at radius 1 is 1.12 bits per heavy atom. The minimum Gasteiger partial charge on any atom is -0.483 e. The highest BCUT2D eigenvalue weighted by molar-refractivity contribution is 9.10. The number of non-ortho nitro benzene ring substituents is 1. The molecule has 3 rings (SSSR count). The van der Waals surface area contributed by atoms with Gasteiger partial charge in [0.05, 0.1) is 21.2 Å². The van der Waals surface area contributed by atoms with E-state index in [9.17, 15) is 19.7 Å². The lowest BCUT2D eigenvalue weighted by Crippen LogP contribution is -2.24. The lowest BCUT2D eigenvalue weighted by Gasteiger charge is -2.07. The Labute approximate surface area is 201 Å². The molecule has 33 heavy (non-hydrogen) atoms. The van der Waals surface area contributed by atoms with Crippen LogP contribution in [0.4, 0.5) is 5.69 Å². The van der Waals surface area contributed by atoms with E-state index in [1.54, 1.807) is 42.5 Å². The molecule has 0 heterocycles. The van der Waals surface area contributed by atoms with E-state index in [-0.39, 0.29) is 23.6 Å². The minimum atomic E-state index is -0.669. The summed E-state index contributed by atoms with van der Waals surface area (Å²) in [4.78, 5) is 34.3. The average molecular weight is 533 g/mol. The van der Waals surface area contributed by atoms with Crippen LogP contribution in [0.1, 0.15) is 15.9 Å². The van der Waals surface area contributed by atoms with Crippen molar-refractivity contribution >= 4 is 51.3 Å². The van der Waals surface area contributed by atoms with Gasteiger partial charge >= 0.3 is 5.97 Å². The van der Waals surface area contributed by atoms with Crippen molar-refractivity contribution in [2.45, 2.75) is 0 Å². The van der Waals surface area contributed by atoms with E-state index in [4.69, 9.17) is 21.1 Å². The number of carbonyl (C=O) groups is 2. The molecule has 9 nitrogen and oxygen atoms in total. The molecule has 3 aromatic carbocycles. The SMILES string of the molecule is O=C(COc1ccc(Cl)cc1Br)NN=Cc1cccc(OC(=O)c2ccc([N+](=O)[O-])cc2)c1. The molecule has 0 bridgehead atoms. The van der Waals surface area contributed by atoms with Crippen molar-refractivity contribution in [1.82, 2.24) is 5.43 Å². The number of halogens is 2. The molecule has 0 aliphatic carbocycles. The van der Waals surface area contributed by atoms with Crippen LogP contribution >= 0.6 is 27.5 Å². The molecule has 11 heteroatoms. The molecule has 1 amide bonds. The van der Waals surface area contributed by atoms with Gasteiger partial charge in [-0.1, -0.05) is 23.7 Å². The van der Waals surface area contributed by atoms with Crippen LogP contribution < -0.4 is 14.9 Å². The molecule has 0 fully saturated rings. The smallest absolute Gasteiger partial charge is 0.343 e. The number of rotatable bonds is 8. The number of nitro benzene ring substituents is 1. The van der Waals surface area contributed by atoms with Gasteiger partial charge in [-0.2, -0.15) is 5.10 Å². The summed E-state index contributed by atoms with van der Waals surface area (Å²) in [6.07, 6.45) is 1.37. The Kier molecular flexibility index (Phi) is 8.11. The zero-order valence-electron chi connectivity index (χ0n) is 16.7. The number of hydrogen-bond donors (Lipinski definition) is 1. The van der Waals surface area contributed by atoms with Gasteiger partial charge in [-0.25, -0.2) is 10.2 Å². The zero-order valence-corrected chi connectivity index (χ0v) is 19.1. The quantitative estimate of drug-likeness (QED) is 0.147. The van der Waals surface area contributed by atoms with Crippen LogP contribution in [-0.4, -0.2) is 29.6 Å². The van der Waals surface area contributed by atoms with E-state index in [1.165, 1.54) is 30.5 Å². The second kappa shape index (κ2) is 11.2. The van der Waals surface area contributed by atoms with Gasteiger partial charge in [0.2, 0.25) is 0 Å². The first-order chi connectivity index (χ1) is 15.8.